The van der Waals surface area contributed by atoms with Crippen LogP contribution in [0.2, 0.25) is 0 Å². The van der Waals surface area contributed by atoms with Crippen LogP contribution in [0.15, 0.2) is 12.1 Å². The molecule has 5 heteroatoms. The molecule has 1 aromatic carbocycles. The van der Waals surface area contributed by atoms with Gasteiger partial charge in [0.25, 0.3) is 0 Å². The van der Waals surface area contributed by atoms with E-state index in [-0.39, 0.29) is 5.60 Å². The van der Waals surface area contributed by atoms with Gasteiger partial charge in [0.15, 0.2) is 11.5 Å². The van der Waals surface area contributed by atoms with Gasteiger partial charge in [0.1, 0.15) is 11.4 Å². The predicted molar refractivity (Wildman–Crippen MR) is 81.6 cm³/mol. The van der Waals surface area contributed by atoms with Gasteiger partial charge in [-0.2, -0.15) is 0 Å². The van der Waals surface area contributed by atoms with Crippen molar-refractivity contribution in [2.24, 2.45) is 0 Å². The van der Waals surface area contributed by atoms with Gasteiger partial charge in [0, 0.05) is 37.1 Å². The Balaban J connectivity index is 1.59. The Bertz CT molecular complexity index is 592. The highest BCUT2D eigenvalue weighted by atomic mass is 16.7. The molecule has 1 spiro atoms. The van der Waals surface area contributed by atoms with Crippen LogP contribution in [0.5, 0.6) is 17.2 Å². The molecule has 2 saturated heterocycles. The van der Waals surface area contributed by atoms with Crippen molar-refractivity contribution in [1.82, 2.24) is 10.2 Å². The Hall–Kier alpha value is -1.46. The molecule has 1 N–H and O–H groups in total. The van der Waals surface area contributed by atoms with E-state index in [0.717, 1.165) is 43.2 Å². The van der Waals surface area contributed by atoms with Crippen LogP contribution in [0.25, 0.3) is 0 Å². The highest BCUT2D eigenvalue weighted by molar-refractivity contribution is 5.54. The molecule has 2 unspecified atom stereocenters. The third-order valence-electron chi connectivity index (χ3n) is 5.54. The number of hydrogen-bond acceptors (Lipinski definition) is 5. The minimum atomic E-state index is -0.0477. The van der Waals surface area contributed by atoms with Crippen LogP contribution in [0.3, 0.4) is 0 Å². The van der Waals surface area contributed by atoms with E-state index in [1.165, 1.54) is 31.5 Å². The zero-order valence-electron chi connectivity index (χ0n) is 12.8. The normalized spacial score (nSPS) is 33.2. The zero-order valence-corrected chi connectivity index (χ0v) is 12.8. The molecule has 5 rings (SSSR count). The van der Waals surface area contributed by atoms with E-state index in [1.54, 1.807) is 0 Å². The smallest absolute Gasteiger partial charge is 0.231 e. The fraction of sp³-hybridized carbons (Fsp3) is 0.647. The number of likely N-dealkylation sites (tertiary alicyclic amines) is 1. The summed E-state index contributed by atoms with van der Waals surface area (Å²) in [7, 11) is 0. The maximum Gasteiger partial charge on any atom is 0.231 e. The summed E-state index contributed by atoms with van der Waals surface area (Å²) in [5.41, 5.74) is 1.23. The van der Waals surface area contributed by atoms with Gasteiger partial charge in [-0.25, -0.2) is 0 Å². The van der Waals surface area contributed by atoms with Gasteiger partial charge in [-0.15, -0.1) is 0 Å². The van der Waals surface area contributed by atoms with Gasteiger partial charge in [-0.1, -0.05) is 0 Å². The average Bonchev–Trinajstić information content (AvgIpc) is 3.26. The molecule has 1 aromatic rings. The number of ether oxygens (including phenoxy) is 3. The molecule has 4 heterocycles. The van der Waals surface area contributed by atoms with Crippen LogP contribution in [0.1, 0.15) is 37.3 Å². The topological polar surface area (TPSA) is 43.0 Å². The first-order valence-corrected chi connectivity index (χ1v) is 8.40. The molecule has 5 nitrogen and oxygen atoms in total. The van der Waals surface area contributed by atoms with E-state index in [1.807, 2.05) is 6.07 Å². The molecule has 0 bridgehead atoms. The monoisotopic (exact) mass is 302 g/mol. The number of hydrogen-bond donors (Lipinski definition) is 1. The molecule has 2 atom stereocenters. The van der Waals surface area contributed by atoms with E-state index in [2.05, 4.69) is 16.3 Å². The summed E-state index contributed by atoms with van der Waals surface area (Å²) in [5, 5.41) is 3.48. The van der Waals surface area contributed by atoms with Gasteiger partial charge in [0.2, 0.25) is 6.79 Å². The van der Waals surface area contributed by atoms with Gasteiger partial charge in [-0.3, -0.25) is 4.90 Å². The van der Waals surface area contributed by atoms with Crippen molar-refractivity contribution < 1.29 is 14.2 Å². The largest absolute Gasteiger partial charge is 0.485 e. The summed E-state index contributed by atoms with van der Waals surface area (Å²) in [6, 6.07) is 4.64. The number of fused-ring (bicyclic) bond motifs is 2. The lowest BCUT2D eigenvalue weighted by Crippen LogP contribution is -2.46. The highest BCUT2D eigenvalue weighted by Crippen LogP contribution is 2.50. The molecule has 4 aliphatic heterocycles. The summed E-state index contributed by atoms with van der Waals surface area (Å²) in [6.45, 7) is 4.71. The minimum Gasteiger partial charge on any atom is -0.485 e. The highest BCUT2D eigenvalue weighted by Gasteiger charge is 2.45. The number of nitrogens with one attached hydrogen (secondary N) is 1. The standard InChI is InChI=1S/C17H22N2O3/c1-2-6-19(5-1)13-9-17(3-4-18-10-17)22-14-8-16-15(7-12(13)14)20-11-21-16/h7-8,13,18H,1-6,9-11H2. The van der Waals surface area contributed by atoms with E-state index in [4.69, 9.17) is 14.2 Å². The van der Waals surface area contributed by atoms with Crippen LogP contribution in [0, 0.1) is 0 Å². The van der Waals surface area contributed by atoms with Gasteiger partial charge in [0.05, 0.1) is 0 Å². The van der Waals surface area contributed by atoms with Crippen LogP contribution in [-0.2, 0) is 0 Å². The van der Waals surface area contributed by atoms with Gasteiger partial charge in [-0.05, 0) is 38.5 Å². The summed E-state index contributed by atoms with van der Waals surface area (Å²) in [6.07, 6.45) is 4.78. The minimum absolute atomic E-state index is 0.0477. The van der Waals surface area contributed by atoms with Crippen molar-refractivity contribution in [3.05, 3.63) is 17.7 Å². The molecule has 118 valence electrons. The lowest BCUT2D eigenvalue weighted by Gasteiger charge is -2.42. The second-order valence-corrected chi connectivity index (χ2v) is 6.92. The van der Waals surface area contributed by atoms with Crippen LogP contribution < -0.4 is 19.5 Å². The lowest BCUT2D eigenvalue weighted by molar-refractivity contribution is 0.0226. The molecule has 4 aliphatic rings. The molecule has 0 aliphatic carbocycles. The molecule has 2 fully saturated rings. The third kappa shape index (κ3) is 1.92. The molecule has 0 aromatic heterocycles. The van der Waals surface area contributed by atoms with E-state index >= 15 is 0 Å². The van der Waals surface area contributed by atoms with Crippen molar-refractivity contribution >= 4 is 0 Å². The third-order valence-corrected chi connectivity index (χ3v) is 5.54. The Labute approximate surface area is 130 Å². The Morgan fingerprint density at radius 1 is 1.09 bits per heavy atom. The van der Waals surface area contributed by atoms with Crippen LogP contribution in [-0.4, -0.2) is 43.5 Å². The Morgan fingerprint density at radius 3 is 2.68 bits per heavy atom. The summed E-state index contributed by atoms with van der Waals surface area (Å²) in [5.74, 6) is 2.69. The van der Waals surface area contributed by atoms with E-state index in [9.17, 15) is 0 Å². The molecular weight excluding hydrogens is 280 g/mol. The fourth-order valence-electron chi connectivity index (χ4n) is 4.39. The maximum absolute atomic E-state index is 6.47. The van der Waals surface area contributed by atoms with Crippen molar-refractivity contribution in [3.8, 4) is 17.2 Å². The van der Waals surface area contributed by atoms with Crippen molar-refractivity contribution in [1.29, 1.82) is 0 Å². The van der Waals surface area contributed by atoms with Crippen LogP contribution >= 0.6 is 0 Å². The Kier molecular flexibility index (Phi) is 2.82. The lowest BCUT2D eigenvalue weighted by atomic mass is 9.85. The summed E-state index contributed by atoms with van der Waals surface area (Å²) < 4.78 is 17.6. The summed E-state index contributed by atoms with van der Waals surface area (Å²) in [4.78, 5) is 2.63. The average molecular weight is 302 g/mol. The number of nitrogens with zero attached hydrogens (tertiary/aromatic N) is 1. The second kappa shape index (κ2) is 4.77. The maximum atomic E-state index is 6.47. The zero-order chi connectivity index (χ0) is 14.6. The second-order valence-electron chi connectivity index (χ2n) is 6.92. The van der Waals surface area contributed by atoms with Crippen molar-refractivity contribution in [2.45, 2.75) is 37.3 Å². The first-order valence-electron chi connectivity index (χ1n) is 8.40. The SMILES string of the molecule is c1c2c(cc3c1OC1(CCNC1)CC3N1CCCC1)OCO2. The molecule has 22 heavy (non-hydrogen) atoms. The predicted octanol–water partition coefficient (Wildman–Crippen LogP) is 2.07. The number of rotatable bonds is 1. The summed E-state index contributed by atoms with van der Waals surface area (Å²) >= 11 is 0. The number of benzene rings is 1. The fourth-order valence-corrected chi connectivity index (χ4v) is 4.39. The first kappa shape index (κ1) is 13.0. The molecule has 0 radical (unpaired) electrons. The molecule has 0 amide bonds. The van der Waals surface area contributed by atoms with Crippen molar-refractivity contribution in [3.63, 3.8) is 0 Å². The molecule has 0 saturated carbocycles. The van der Waals surface area contributed by atoms with Gasteiger partial charge >= 0.3 is 0 Å². The van der Waals surface area contributed by atoms with Gasteiger partial charge < -0.3 is 19.5 Å². The quantitative estimate of drug-likeness (QED) is 0.860. The van der Waals surface area contributed by atoms with Crippen LogP contribution in [0.4, 0.5) is 0 Å². The van der Waals surface area contributed by atoms with E-state index in [0.29, 0.717) is 12.8 Å². The first-order chi connectivity index (χ1) is 10.8. The Morgan fingerprint density at radius 2 is 1.91 bits per heavy atom. The van der Waals surface area contributed by atoms with Crippen molar-refractivity contribution in [2.75, 3.05) is 33.0 Å². The van der Waals surface area contributed by atoms with E-state index < -0.39 is 0 Å². The molecular formula is C17H22N2O3.